The van der Waals surface area contributed by atoms with Gasteiger partial charge in [0.1, 0.15) is 0 Å². The van der Waals surface area contributed by atoms with Crippen molar-refractivity contribution in [2.45, 2.75) is 64.2 Å². The Morgan fingerprint density at radius 1 is 1.00 bits per heavy atom. The zero-order chi connectivity index (χ0) is 14.9. The first-order valence-corrected chi connectivity index (χ1v) is 7.96. The molecule has 0 amide bonds. The summed E-state index contributed by atoms with van der Waals surface area (Å²) in [4.78, 5) is 7.66. The third kappa shape index (κ3) is 5.44. The van der Waals surface area contributed by atoms with E-state index in [0.29, 0.717) is 6.42 Å². The van der Waals surface area contributed by atoms with Gasteiger partial charge in [0.05, 0.1) is 11.0 Å². The molecule has 0 spiro atoms. The summed E-state index contributed by atoms with van der Waals surface area (Å²) in [6, 6.07) is 3.99. The topological polar surface area (TPSA) is 28.7 Å². The molecular formula is C17H24F2N2. The van der Waals surface area contributed by atoms with Crippen molar-refractivity contribution in [2.75, 3.05) is 0 Å². The number of aryl methyl sites for hydroxylation is 1. The lowest BCUT2D eigenvalue weighted by Crippen LogP contribution is -1.90. The summed E-state index contributed by atoms with van der Waals surface area (Å²) in [7, 11) is 0. The molecule has 0 radical (unpaired) electrons. The summed E-state index contributed by atoms with van der Waals surface area (Å²) < 4.78 is 23.9. The van der Waals surface area contributed by atoms with Crippen molar-refractivity contribution in [1.29, 1.82) is 0 Å². The summed E-state index contributed by atoms with van der Waals surface area (Å²) in [5.74, 6) is 0. The number of aromatic amines is 1. The number of nitrogens with zero attached hydrogens (tertiary/aromatic N) is 1. The maximum atomic E-state index is 11.9. The van der Waals surface area contributed by atoms with Crippen molar-refractivity contribution in [2.24, 2.45) is 0 Å². The van der Waals surface area contributed by atoms with Crippen LogP contribution in [0, 0.1) is 0 Å². The third-order valence-corrected chi connectivity index (χ3v) is 3.88. The number of pyridine rings is 1. The van der Waals surface area contributed by atoms with Gasteiger partial charge in [-0.15, -0.1) is 0 Å². The van der Waals surface area contributed by atoms with Crippen LogP contribution in [0.4, 0.5) is 8.78 Å². The SMILES string of the molecule is FC(F)CCCCCCCCCc1c[nH]c2cccnc12. The van der Waals surface area contributed by atoms with Gasteiger partial charge in [0, 0.05) is 18.8 Å². The van der Waals surface area contributed by atoms with Crippen LogP contribution in [-0.2, 0) is 6.42 Å². The first-order valence-electron chi connectivity index (χ1n) is 7.96. The highest BCUT2D eigenvalue weighted by Crippen LogP contribution is 2.18. The molecule has 0 saturated carbocycles. The summed E-state index contributed by atoms with van der Waals surface area (Å²) in [5.41, 5.74) is 3.48. The van der Waals surface area contributed by atoms with Gasteiger partial charge in [-0.2, -0.15) is 0 Å². The number of alkyl halides is 2. The fourth-order valence-corrected chi connectivity index (χ4v) is 2.70. The molecule has 2 nitrogen and oxygen atoms in total. The second kappa shape index (κ2) is 8.75. The minimum atomic E-state index is -2.13. The van der Waals surface area contributed by atoms with Crippen LogP contribution >= 0.6 is 0 Å². The highest BCUT2D eigenvalue weighted by atomic mass is 19.3. The molecule has 0 aliphatic carbocycles. The summed E-state index contributed by atoms with van der Waals surface area (Å²) in [6.07, 6.45) is 10.3. The fraction of sp³-hybridized carbons (Fsp3) is 0.588. The first-order chi connectivity index (χ1) is 10.3. The Balaban J connectivity index is 1.54. The van der Waals surface area contributed by atoms with E-state index in [4.69, 9.17) is 0 Å². The second-order valence-corrected chi connectivity index (χ2v) is 5.62. The molecule has 0 aliphatic heterocycles. The smallest absolute Gasteiger partial charge is 0.238 e. The molecule has 116 valence electrons. The third-order valence-electron chi connectivity index (χ3n) is 3.88. The normalized spacial score (nSPS) is 11.6. The lowest BCUT2D eigenvalue weighted by Gasteiger charge is -2.02. The number of hydrogen-bond donors (Lipinski definition) is 1. The van der Waals surface area contributed by atoms with Gasteiger partial charge in [0.2, 0.25) is 6.43 Å². The maximum Gasteiger partial charge on any atom is 0.238 e. The van der Waals surface area contributed by atoms with Crippen LogP contribution < -0.4 is 0 Å². The molecule has 0 bridgehead atoms. The average molecular weight is 294 g/mol. The van der Waals surface area contributed by atoms with Gasteiger partial charge in [-0.25, -0.2) is 8.78 Å². The van der Waals surface area contributed by atoms with Crippen molar-refractivity contribution in [3.63, 3.8) is 0 Å². The molecule has 0 aliphatic rings. The highest BCUT2D eigenvalue weighted by Gasteiger charge is 2.04. The van der Waals surface area contributed by atoms with Crippen LogP contribution in [0.2, 0.25) is 0 Å². The van der Waals surface area contributed by atoms with E-state index < -0.39 is 6.43 Å². The van der Waals surface area contributed by atoms with E-state index in [-0.39, 0.29) is 6.42 Å². The number of unbranched alkanes of at least 4 members (excludes halogenated alkanes) is 6. The minimum Gasteiger partial charge on any atom is -0.360 e. The molecule has 0 aromatic carbocycles. The molecule has 0 saturated heterocycles. The standard InChI is InChI=1S/C17H24F2N2/c18-16(19)11-7-5-3-1-2-4-6-9-14-13-21-15-10-8-12-20-17(14)15/h8,10,12-13,16,21H,1-7,9,11H2. The van der Waals surface area contributed by atoms with E-state index in [2.05, 4.69) is 16.2 Å². The Kier molecular flexibility index (Phi) is 6.64. The van der Waals surface area contributed by atoms with Crippen molar-refractivity contribution < 1.29 is 8.78 Å². The van der Waals surface area contributed by atoms with Crippen LogP contribution in [0.15, 0.2) is 24.5 Å². The molecule has 2 aromatic rings. The van der Waals surface area contributed by atoms with Gasteiger partial charge in [-0.05, 0) is 37.0 Å². The van der Waals surface area contributed by atoms with Gasteiger partial charge in [0.15, 0.2) is 0 Å². The summed E-state index contributed by atoms with van der Waals surface area (Å²) in [6.45, 7) is 0. The zero-order valence-corrected chi connectivity index (χ0v) is 12.5. The summed E-state index contributed by atoms with van der Waals surface area (Å²) >= 11 is 0. The molecule has 0 unspecified atom stereocenters. The number of fused-ring (bicyclic) bond motifs is 1. The quantitative estimate of drug-likeness (QED) is 0.576. The van der Waals surface area contributed by atoms with Crippen LogP contribution in [0.25, 0.3) is 11.0 Å². The molecule has 2 heterocycles. The predicted molar refractivity (Wildman–Crippen MR) is 82.7 cm³/mol. The van der Waals surface area contributed by atoms with Gasteiger partial charge >= 0.3 is 0 Å². The van der Waals surface area contributed by atoms with Crippen molar-refractivity contribution >= 4 is 11.0 Å². The first kappa shape index (κ1) is 15.9. The molecule has 0 atom stereocenters. The Morgan fingerprint density at radius 2 is 1.71 bits per heavy atom. The van der Waals surface area contributed by atoms with E-state index in [9.17, 15) is 8.78 Å². The van der Waals surface area contributed by atoms with Crippen molar-refractivity contribution in [3.05, 3.63) is 30.1 Å². The second-order valence-electron chi connectivity index (χ2n) is 5.62. The van der Waals surface area contributed by atoms with E-state index in [1.807, 2.05) is 18.3 Å². The van der Waals surface area contributed by atoms with Gasteiger partial charge < -0.3 is 4.98 Å². The lowest BCUT2D eigenvalue weighted by atomic mass is 10.0. The fourth-order valence-electron chi connectivity index (χ4n) is 2.70. The molecule has 2 rings (SSSR count). The molecule has 4 heteroatoms. The Hall–Kier alpha value is -1.45. The van der Waals surface area contributed by atoms with Crippen LogP contribution in [0.3, 0.4) is 0 Å². The molecular weight excluding hydrogens is 270 g/mol. The number of nitrogens with one attached hydrogen (secondary N) is 1. The van der Waals surface area contributed by atoms with Gasteiger partial charge in [0.25, 0.3) is 0 Å². The number of H-pyrrole nitrogens is 1. The number of hydrogen-bond acceptors (Lipinski definition) is 1. The number of halogens is 2. The zero-order valence-electron chi connectivity index (χ0n) is 12.5. The predicted octanol–water partition coefficient (Wildman–Crippen LogP) is 5.49. The van der Waals surface area contributed by atoms with E-state index in [0.717, 1.165) is 36.7 Å². The monoisotopic (exact) mass is 294 g/mol. The van der Waals surface area contributed by atoms with E-state index >= 15 is 0 Å². The molecule has 2 aromatic heterocycles. The largest absolute Gasteiger partial charge is 0.360 e. The van der Waals surface area contributed by atoms with Crippen molar-refractivity contribution in [3.8, 4) is 0 Å². The lowest BCUT2D eigenvalue weighted by molar-refractivity contribution is 0.133. The minimum absolute atomic E-state index is 0.0631. The van der Waals surface area contributed by atoms with Gasteiger partial charge in [-0.1, -0.05) is 32.1 Å². The Bertz CT molecular complexity index is 522. The summed E-state index contributed by atoms with van der Waals surface area (Å²) in [5, 5.41) is 0. The van der Waals surface area contributed by atoms with Crippen LogP contribution in [-0.4, -0.2) is 16.4 Å². The number of aromatic nitrogens is 2. The highest BCUT2D eigenvalue weighted by molar-refractivity contribution is 5.78. The molecule has 0 fully saturated rings. The average Bonchev–Trinajstić information content (AvgIpc) is 2.88. The van der Waals surface area contributed by atoms with Crippen molar-refractivity contribution in [1.82, 2.24) is 9.97 Å². The number of rotatable bonds is 10. The van der Waals surface area contributed by atoms with E-state index in [1.54, 1.807) is 0 Å². The Labute approximate surface area is 125 Å². The van der Waals surface area contributed by atoms with Crippen LogP contribution in [0.5, 0.6) is 0 Å². The maximum absolute atomic E-state index is 11.9. The van der Waals surface area contributed by atoms with E-state index in [1.165, 1.54) is 24.8 Å². The van der Waals surface area contributed by atoms with Crippen LogP contribution in [0.1, 0.15) is 56.9 Å². The molecule has 1 N–H and O–H groups in total. The van der Waals surface area contributed by atoms with Gasteiger partial charge in [-0.3, -0.25) is 4.98 Å². The Morgan fingerprint density at radius 3 is 2.48 bits per heavy atom. The molecule has 21 heavy (non-hydrogen) atoms.